The van der Waals surface area contributed by atoms with Crippen molar-refractivity contribution >= 4 is 13.9 Å². The van der Waals surface area contributed by atoms with E-state index in [-0.39, 0.29) is 5.78 Å². The molecule has 0 aromatic carbocycles. The molecule has 0 aliphatic carbocycles. The van der Waals surface area contributed by atoms with E-state index >= 15 is 0 Å². The van der Waals surface area contributed by atoms with Crippen molar-refractivity contribution in [1.82, 2.24) is 0 Å². The smallest absolute Gasteiger partial charge is 0.157 e. The highest BCUT2D eigenvalue weighted by atomic mass is 28.3. The number of ketones is 1. The lowest BCUT2D eigenvalue weighted by atomic mass is 10.3. The molecule has 1 atom stereocenters. The van der Waals surface area contributed by atoms with E-state index in [1.165, 1.54) is 6.92 Å². The van der Waals surface area contributed by atoms with E-state index in [9.17, 15) is 9.90 Å². The zero-order valence-electron chi connectivity index (χ0n) is 7.36. The first-order valence-electron chi connectivity index (χ1n) is 3.43. The van der Waals surface area contributed by atoms with Crippen molar-refractivity contribution in [3.8, 4) is 0 Å². The van der Waals surface area contributed by atoms with Crippen LogP contribution in [0.1, 0.15) is 13.8 Å². The molecule has 0 aromatic heterocycles. The third-order valence-electron chi connectivity index (χ3n) is 2.15. The first-order chi connectivity index (χ1) is 4.19. The van der Waals surface area contributed by atoms with Crippen molar-refractivity contribution in [2.24, 2.45) is 0 Å². The van der Waals surface area contributed by atoms with E-state index < -0.39 is 13.3 Å². The first kappa shape index (κ1) is 9.85. The first-order valence-corrected chi connectivity index (χ1v) is 6.93. The van der Waals surface area contributed by atoms with Crippen LogP contribution in [0, 0.1) is 0 Å². The van der Waals surface area contributed by atoms with Crippen LogP contribution in [0.15, 0.2) is 0 Å². The van der Waals surface area contributed by atoms with Gasteiger partial charge in [-0.15, -0.1) is 0 Å². The molecule has 0 aromatic rings. The quantitative estimate of drug-likeness (QED) is 0.616. The zero-order valence-corrected chi connectivity index (χ0v) is 8.36. The van der Waals surface area contributed by atoms with Crippen LogP contribution in [0.3, 0.4) is 0 Å². The monoisotopic (exact) mass is 160 g/mol. The van der Waals surface area contributed by atoms with Crippen LogP contribution >= 0.6 is 0 Å². The van der Waals surface area contributed by atoms with Crippen LogP contribution in [-0.2, 0) is 4.79 Å². The largest absolute Gasteiger partial charge is 0.386 e. The Hall–Kier alpha value is -0.153. The summed E-state index contributed by atoms with van der Waals surface area (Å²) >= 11 is 0. The minimum absolute atomic E-state index is 0.119. The van der Waals surface area contributed by atoms with Gasteiger partial charge in [0.25, 0.3) is 0 Å². The van der Waals surface area contributed by atoms with Gasteiger partial charge in [0.05, 0.1) is 8.07 Å². The third kappa shape index (κ3) is 1.67. The molecule has 0 aliphatic heterocycles. The maximum atomic E-state index is 10.9. The van der Waals surface area contributed by atoms with Gasteiger partial charge in [0.15, 0.2) is 5.78 Å². The van der Waals surface area contributed by atoms with Gasteiger partial charge in [-0.1, -0.05) is 19.6 Å². The summed E-state index contributed by atoms with van der Waals surface area (Å²) in [6, 6.07) is 0. The van der Waals surface area contributed by atoms with Crippen molar-refractivity contribution in [3.05, 3.63) is 0 Å². The lowest BCUT2D eigenvalue weighted by Gasteiger charge is -2.32. The van der Waals surface area contributed by atoms with Crippen molar-refractivity contribution in [3.63, 3.8) is 0 Å². The second-order valence-corrected chi connectivity index (χ2v) is 9.35. The molecule has 0 bridgehead atoms. The number of carbonyl (C=O) groups is 1. The fraction of sp³-hybridized carbons (Fsp3) is 0.857. The van der Waals surface area contributed by atoms with Crippen LogP contribution < -0.4 is 0 Å². The number of aliphatic hydroxyl groups is 1. The van der Waals surface area contributed by atoms with Crippen molar-refractivity contribution in [2.75, 3.05) is 0 Å². The molecule has 60 valence electrons. The number of Topliss-reactive ketones (excluding diaryl/α,β-unsaturated/α-hetero) is 1. The second-order valence-electron chi connectivity index (χ2n) is 3.88. The molecule has 0 radical (unpaired) electrons. The van der Waals surface area contributed by atoms with E-state index in [0.717, 1.165) is 0 Å². The van der Waals surface area contributed by atoms with E-state index in [1.54, 1.807) is 6.92 Å². The van der Waals surface area contributed by atoms with Gasteiger partial charge >= 0.3 is 0 Å². The number of hydrogen-bond donors (Lipinski definition) is 1. The molecular weight excluding hydrogens is 144 g/mol. The maximum Gasteiger partial charge on any atom is 0.157 e. The Labute approximate surface area is 63.3 Å². The summed E-state index contributed by atoms with van der Waals surface area (Å²) in [5.74, 6) is -0.119. The van der Waals surface area contributed by atoms with E-state index in [0.29, 0.717) is 0 Å². The minimum atomic E-state index is -1.74. The molecule has 2 nitrogen and oxygen atoms in total. The predicted octanol–water partition coefficient (Wildman–Crippen LogP) is 1.20. The molecule has 0 aliphatic rings. The molecule has 10 heavy (non-hydrogen) atoms. The SMILES string of the molecule is CC(=O)C(C)(O)[Si](C)(C)C. The van der Waals surface area contributed by atoms with Gasteiger partial charge < -0.3 is 5.11 Å². The molecule has 0 fully saturated rings. The number of hydrogen-bond acceptors (Lipinski definition) is 2. The van der Waals surface area contributed by atoms with Crippen molar-refractivity contribution < 1.29 is 9.90 Å². The molecular formula is C7H16O2Si. The molecule has 0 heterocycles. The molecule has 1 N–H and O–H groups in total. The Morgan fingerprint density at radius 1 is 1.40 bits per heavy atom. The Morgan fingerprint density at radius 3 is 1.70 bits per heavy atom. The van der Waals surface area contributed by atoms with Crippen LogP contribution in [-0.4, -0.2) is 24.2 Å². The molecule has 0 amide bonds. The van der Waals surface area contributed by atoms with Gasteiger partial charge in [-0.2, -0.15) is 0 Å². The fourth-order valence-corrected chi connectivity index (χ4v) is 1.58. The van der Waals surface area contributed by atoms with E-state index in [4.69, 9.17) is 0 Å². The maximum absolute atomic E-state index is 10.9. The molecule has 0 saturated carbocycles. The Balaban J connectivity index is 4.57. The highest BCUT2D eigenvalue weighted by molar-refractivity contribution is 6.82. The second kappa shape index (κ2) is 2.47. The van der Waals surface area contributed by atoms with Gasteiger partial charge in [0.1, 0.15) is 5.22 Å². The highest BCUT2D eigenvalue weighted by Gasteiger charge is 2.41. The Kier molecular flexibility index (Phi) is 2.43. The number of carbonyl (C=O) groups excluding carboxylic acids is 1. The van der Waals surface area contributed by atoms with Gasteiger partial charge in [-0.3, -0.25) is 4.79 Å². The van der Waals surface area contributed by atoms with E-state index in [2.05, 4.69) is 0 Å². The average Bonchev–Trinajstić information content (AvgIpc) is 1.62. The van der Waals surface area contributed by atoms with Gasteiger partial charge in [-0.05, 0) is 13.8 Å². The van der Waals surface area contributed by atoms with Crippen LogP contribution in [0.5, 0.6) is 0 Å². The zero-order chi connectivity index (χ0) is 8.58. The highest BCUT2D eigenvalue weighted by Crippen LogP contribution is 2.20. The Bertz CT molecular complexity index is 144. The Morgan fingerprint density at radius 2 is 1.70 bits per heavy atom. The minimum Gasteiger partial charge on any atom is -0.386 e. The summed E-state index contributed by atoms with van der Waals surface area (Å²) in [7, 11) is -1.74. The summed E-state index contributed by atoms with van der Waals surface area (Å²) in [6.07, 6.45) is 0. The molecule has 0 saturated heterocycles. The number of rotatable bonds is 2. The normalized spacial score (nSPS) is 18.2. The molecule has 0 spiro atoms. The predicted molar refractivity (Wildman–Crippen MR) is 44.7 cm³/mol. The van der Waals surface area contributed by atoms with Gasteiger partial charge in [0, 0.05) is 0 Å². The van der Waals surface area contributed by atoms with Crippen LogP contribution in [0.4, 0.5) is 0 Å². The van der Waals surface area contributed by atoms with Gasteiger partial charge in [-0.25, -0.2) is 0 Å². The van der Waals surface area contributed by atoms with Crippen molar-refractivity contribution in [2.45, 2.75) is 38.7 Å². The standard InChI is InChI=1S/C7H16O2Si/c1-6(8)7(2,9)10(3,4)5/h9H,1-5H3. The third-order valence-corrected chi connectivity index (χ3v) is 5.42. The van der Waals surface area contributed by atoms with E-state index in [1.807, 2.05) is 19.6 Å². The molecule has 3 heteroatoms. The average molecular weight is 160 g/mol. The molecule has 0 rings (SSSR count). The molecule has 1 unspecified atom stereocenters. The fourth-order valence-electron chi connectivity index (χ4n) is 0.528. The topological polar surface area (TPSA) is 37.3 Å². The summed E-state index contributed by atoms with van der Waals surface area (Å²) in [5.41, 5.74) is 0. The van der Waals surface area contributed by atoms with Crippen LogP contribution in [0.25, 0.3) is 0 Å². The summed E-state index contributed by atoms with van der Waals surface area (Å²) in [6.45, 7) is 9.00. The van der Waals surface area contributed by atoms with Crippen LogP contribution in [0.2, 0.25) is 19.6 Å². The van der Waals surface area contributed by atoms with Gasteiger partial charge in [0.2, 0.25) is 0 Å². The van der Waals surface area contributed by atoms with Crippen molar-refractivity contribution in [1.29, 1.82) is 0 Å². The summed E-state index contributed by atoms with van der Waals surface area (Å²) < 4.78 is 0. The summed E-state index contributed by atoms with van der Waals surface area (Å²) in [5, 5.41) is 8.58. The summed E-state index contributed by atoms with van der Waals surface area (Å²) in [4.78, 5) is 10.9. The lowest BCUT2D eigenvalue weighted by Crippen LogP contribution is -2.54. The lowest BCUT2D eigenvalue weighted by molar-refractivity contribution is -0.127.